The van der Waals surface area contributed by atoms with Gasteiger partial charge in [-0.3, -0.25) is 4.79 Å². The molecule has 0 radical (unpaired) electrons. The van der Waals surface area contributed by atoms with Gasteiger partial charge in [-0.05, 0) is 60.2 Å². The predicted molar refractivity (Wildman–Crippen MR) is 102 cm³/mol. The number of carbonyl (C=O) groups is 1. The zero-order valence-corrected chi connectivity index (χ0v) is 15.1. The molecular weight excluding hydrogens is 360 g/mol. The lowest BCUT2D eigenvalue weighted by Gasteiger charge is -2.03. The number of ether oxygens (including phenoxy) is 1. The molecule has 0 unspecified atom stereocenters. The van der Waals surface area contributed by atoms with Gasteiger partial charge in [0.2, 0.25) is 0 Å². The zero-order chi connectivity index (χ0) is 18.0. The highest BCUT2D eigenvalue weighted by Gasteiger charge is 2.24. The first-order valence-electron chi connectivity index (χ1n) is 7.39. The van der Waals surface area contributed by atoms with Gasteiger partial charge < -0.3 is 15.2 Å². The van der Waals surface area contributed by atoms with Crippen molar-refractivity contribution < 1.29 is 14.6 Å². The van der Waals surface area contributed by atoms with Crippen LogP contribution < -0.4 is 10.1 Å². The van der Waals surface area contributed by atoms with E-state index < -0.39 is 0 Å². The van der Waals surface area contributed by atoms with Crippen molar-refractivity contribution in [2.45, 2.75) is 6.92 Å². The summed E-state index contributed by atoms with van der Waals surface area (Å²) in [4.78, 5) is 17.1. The molecule has 0 bridgehead atoms. The maximum Gasteiger partial charge on any atom is 0.264 e. The molecule has 0 aromatic heterocycles. The fourth-order valence-corrected chi connectivity index (χ4v) is 3.26. The average Bonchev–Trinajstić information content (AvgIpc) is 2.91. The number of rotatable bonds is 3. The van der Waals surface area contributed by atoms with Crippen LogP contribution >= 0.6 is 23.4 Å². The summed E-state index contributed by atoms with van der Waals surface area (Å²) < 4.78 is 5.01. The standard InChI is InChI=1S/C18H15ClN2O3S/c1-10-12(19)4-3-5-13(10)20-18-21-17(23)16(25-18)9-11-6-7-15(24-2)14(22)8-11/h3-9,22H,1-2H3,(H,20,21,23)/b16-9+. The Kier molecular flexibility index (Phi) is 5.01. The number of hydrogen-bond donors (Lipinski definition) is 2. The number of phenols is 1. The fraction of sp³-hybridized carbons (Fsp3) is 0.111. The first kappa shape index (κ1) is 17.4. The molecule has 0 spiro atoms. The summed E-state index contributed by atoms with van der Waals surface area (Å²) in [6, 6.07) is 10.4. The van der Waals surface area contributed by atoms with Crippen molar-refractivity contribution >= 4 is 46.2 Å². The van der Waals surface area contributed by atoms with Crippen LogP contribution in [-0.2, 0) is 4.79 Å². The number of hydrogen-bond acceptors (Lipinski definition) is 5. The Balaban J connectivity index is 1.86. The highest BCUT2D eigenvalue weighted by molar-refractivity contribution is 8.18. The number of phenolic OH excluding ortho intramolecular Hbond substituents is 1. The lowest BCUT2D eigenvalue weighted by molar-refractivity contribution is -0.115. The Labute approximate surface area is 154 Å². The van der Waals surface area contributed by atoms with Gasteiger partial charge in [-0.25, -0.2) is 4.99 Å². The van der Waals surface area contributed by atoms with Crippen molar-refractivity contribution in [3.8, 4) is 11.5 Å². The summed E-state index contributed by atoms with van der Waals surface area (Å²) in [6.45, 7) is 1.88. The summed E-state index contributed by atoms with van der Waals surface area (Å²) in [5, 5.41) is 13.7. The maximum absolute atomic E-state index is 12.1. The van der Waals surface area contributed by atoms with Crippen LogP contribution in [0, 0.1) is 6.92 Å². The third-order valence-corrected chi connectivity index (χ3v) is 4.93. The van der Waals surface area contributed by atoms with E-state index in [0.29, 0.717) is 32.1 Å². The summed E-state index contributed by atoms with van der Waals surface area (Å²) in [7, 11) is 1.48. The second-order valence-electron chi connectivity index (χ2n) is 5.30. The molecule has 1 aliphatic rings. The normalized spacial score (nSPS) is 17.2. The lowest BCUT2D eigenvalue weighted by atomic mass is 10.2. The van der Waals surface area contributed by atoms with Crippen LogP contribution in [0.2, 0.25) is 5.02 Å². The smallest absolute Gasteiger partial charge is 0.264 e. The molecule has 1 saturated heterocycles. The van der Waals surface area contributed by atoms with E-state index in [0.717, 1.165) is 5.56 Å². The fourth-order valence-electron chi connectivity index (χ4n) is 2.26. The molecule has 25 heavy (non-hydrogen) atoms. The summed E-state index contributed by atoms with van der Waals surface area (Å²) in [5.74, 6) is 0.159. The second-order valence-corrected chi connectivity index (χ2v) is 6.73. The number of carbonyl (C=O) groups excluding carboxylic acids is 1. The van der Waals surface area contributed by atoms with E-state index in [9.17, 15) is 9.90 Å². The largest absolute Gasteiger partial charge is 0.504 e. The van der Waals surface area contributed by atoms with Crippen LogP contribution in [0.25, 0.3) is 6.08 Å². The van der Waals surface area contributed by atoms with E-state index in [2.05, 4.69) is 10.3 Å². The van der Waals surface area contributed by atoms with Gasteiger partial charge in [0.1, 0.15) is 0 Å². The van der Waals surface area contributed by atoms with E-state index in [-0.39, 0.29) is 11.7 Å². The number of thioether (sulfide) groups is 1. The van der Waals surface area contributed by atoms with Gasteiger partial charge in [0.15, 0.2) is 16.7 Å². The van der Waals surface area contributed by atoms with E-state index in [1.807, 2.05) is 19.1 Å². The quantitative estimate of drug-likeness (QED) is 0.788. The Morgan fingerprint density at radius 2 is 2.12 bits per heavy atom. The molecule has 0 atom stereocenters. The first-order chi connectivity index (χ1) is 12.0. The Morgan fingerprint density at radius 1 is 1.32 bits per heavy atom. The number of methoxy groups -OCH3 is 1. The van der Waals surface area contributed by atoms with Gasteiger partial charge in [0.05, 0.1) is 17.7 Å². The molecule has 2 N–H and O–H groups in total. The highest BCUT2D eigenvalue weighted by Crippen LogP contribution is 2.32. The number of amides is 1. The number of amidine groups is 1. The molecule has 1 fully saturated rings. The Hall–Kier alpha value is -2.44. The Bertz CT molecular complexity index is 909. The third-order valence-electron chi connectivity index (χ3n) is 3.61. The van der Waals surface area contributed by atoms with Gasteiger partial charge in [0, 0.05) is 5.02 Å². The minimum absolute atomic E-state index is 0.0173. The van der Waals surface area contributed by atoms with Gasteiger partial charge in [-0.2, -0.15) is 0 Å². The summed E-state index contributed by atoms with van der Waals surface area (Å²) in [5.41, 5.74) is 2.25. The molecule has 1 aliphatic heterocycles. The highest BCUT2D eigenvalue weighted by atomic mass is 35.5. The number of aromatic hydroxyl groups is 1. The molecule has 128 valence electrons. The van der Waals surface area contributed by atoms with Gasteiger partial charge in [0.25, 0.3) is 5.91 Å². The molecule has 1 heterocycles. The van der Waals surface area contributed by atoms with Crippen LogP contribution in [0.3, 0.4) is 0 Å². The van der Waals surface area contributed by atoms with Crippen molar-refractivity contribution in [3.05, 3.63) is 57.5 Å². The number of nitrogens with zero attached hydrogens (tertiary/aromatic N) is 1. The van der Waals surface area contributed by atoms with E-state index in [1.165, 1.54) is 24.9 Å². The van der Waals surface area contributed by atoms with E-state index >= 15 is 0 Å². The van der Waals surface area contributed by atoms with Crippen molar-refractivity contribution in [2.24, 2.45) is 4.99 Å². The Morgan fingerprint density at radius 3 is 2.84 bits per heavy atom. The van der Waals surface area contributed by atoms with Crippen LogP contribution in [-0.4, -0.2) is 23.3 Å². The lowest BCUT2D eigenvalue weighted by Crippen LogP contribution is -2.19. The zero-order valence-electron chi connectivity index (χ0n) is 13.5. The molecule has 5 nitrogen and oxygen atoms in total. The second kappa shape index (κ2) is 7.21. The number of halogens is 1. The monoisotopic (exact) mass is 374 g/mol. The predicted octanol–water partition coefficient (Wildman–Crippen LogP) is 4.25. The molecule has 0 aliphatic carbocycles. The van der Waals surface area contributed by atoms with Gasteiger partial charge in [-0.15, -0.1) is 0 Å². The molecule has 2 aromatic carbocycles. The van der Waals surface area contributed by atoms with Crippen molar-refractivity contribution in [2.75, 3.05) is 7.11 Å². The van der Waals surface area contributed by atoms with Crippen LogP contribution in [0.1, 0.15) is 11.1 Å². The minimum Gasteiger partial charge on any atom is -0.504 e. The SMILES string of the molecule is COc1ccc(/C=C2/SC(=Nc3cccc(Cl)c3C)NC2=O)cc1O. The van der Waals surface area contributed by atoms with Crippen molar-refractivity contribution in [1.82, 2.24) is 5.32 Å². The minimum atomic E-state index is -0.237. The molecule has 2 aromatic rings. The molecule has 0 saturated carbocycles. The van der Waals surface area contributed by atoms with Crippen LogP contribution in [0.15, 0.2) is 46.3 Å². The molecule has 1 amide bonds. The van der Waals surface area contributed by atoms with Crippen molar-refractivity contribution in [3.63, 3.8) is 0 Å². The molecule has 3 rings (SSSR count). The van der Waals surface area contributed by atoms with Crippen LogP contribution in [0.4, 0.5) is 5.69 Å². The summed E-state index contributed by atoms with van der Waals surface area (Å²) >= 11 is 7.33. The van der Waals surface area contributed by atoms with E-state index in [1.54, 1.807) is 24.3 Å². The number of nitrogens with one attached hydrogen (secondary N) is 1. The first-order valence-corrected chi connectivity index (χ1v) is 8.59. The number of aliphatic imine (C=N–C) groups is 1. The summed E-state index contributed by atoms with van der Waals surface area (Å²) in [6.07, 6.45) is 1.69. The van der Waals surface area contributed by atoms with E-state index in [4.69, 9.17) is 16.3 Å². The molecular formula is C18H15ClN2O3S. The van der Waals surface area contributed by atoms with Crippen LogP contribution in [0.5, 0.6) is 11.5 Å². The maximum atomic E-state index is 12.1. The third kappa shape index (κ3) is 3.81. The van der Waals surface area contributed by atoms with Gasteiger partial charge in [-0.1, -0.05) is 23.7 Å². The molecule has 7 heteroatoms. The number of benzene rings is 2. The average molecular weight is 375 g/mol. The van der Waals surface area contributed by atoms with Gasteiger partial charge >= 0.3 is 0 Å². The van der Waals surface area contributed by atoms with Crippen molar-refractivity contribution in [1.29, 1.82) is 0 Å². The topological polar surface area (TPSA) is 70.9 Å².